The summed E-state index contributed by atoms with van der Waals surface area (Å²) in [6.45, 7) is 0. The Morgan fingerprint density at radius 3 is 2.73 bits per heavy atom. The second-order valence-electron chi connectivity index (χ2n) is 3.14. The molecule has 0 saturated carbocycles. The van der Waals surface area contributed by atoms with Crippen molar-refractivity contribution in [2.24, 2.45) is 0 Å². The maximum Gasteiger partial charge on any atom is 0.330 e. The molecule has 0 aliphatic carbocycles. The van der Waals surface area contributed by atoms with Crippen LogP contribution in [0.15, 0.2) is 42.5 Å². The zero-order valence-electron chi connectivity index (χ0n) is 8.59. The molecule has 3 heteroatoms. The third-order valence-electron chi connectivity index (χ3n) is 1.94. The first-order valence-corrected chi connectivity index (χ1v) is 4.70. The SMILES string of the molecule is COC(=O)/C=C/[C@@H](O)Cc1ccccc1. The Bertz CT molecular complexity index is 330. The first kappa shape index (κ1) is 11.5. The molecule has 0 heterocycles. The number of carbonyl (C=O) groups is 1. The number of aliphatic hydroxyl groups is 1. The van der Waals surface area contributed by atoms with Crippen LogP contribution in [0, 0.1) is 0 Å². The van der Waals surface area contributed by atoms with Crippen molar-refractivity contribution in [2.75, 3.05) is 7.11 Å². The topological polar surface area (TPSA) is 46.5 Å². The lowest BCUT2D eigenvalue weighted by atomic mass is 10.1. The highest BCUT2D eigenvalue weighted by Gasteiger charge is 2.01. The minimum atomic E-state index is -0.661. The van der Waals surface area contributed by atoms with E-state index in [1.165, 1.54) is 19.3 Å². The van der Waals surface area contributed by atoms with Gasteiger partial charge in [0, 0.05) is 12.5 Å². The Morgan fingerprint density at radius 2 is 2.13 bits per heavy atom. The average Bonchev–Trinajstić information content (AvgIpc) is 2.27. The molecule has 0 fully saturated rings. The Kier molecular flexibility index (Phi) is 4.57. The minimum Gasteiger partial charge on any atom is -0.466 e. The van der Waals surface area contributed by atoms with E-state index >= 15 is 0 Å². The van der Waals surface area contributed by atoms with E-state index in [-0.39, 0.29) is 0 Å². The molecule has 0 amide bonds. The lowest BCUT2D eigenvalue weighted by Gasteiger charge is -2.04. The molecule has 15 heavy (non-hydrogen) atoms. The molecule has 1 atom stereocenters. The molecule has 1 N–H and O–H groups in total. The van der Waals surface area contributed by atoms with Gasteiger partial charge in [0.25, 0.3) is 0 Å². The maximum atomic E-state index is 10.7. The van der Waals surface area contributed by atoms with Crippen molar-refractivity contribution in [1.29, 1.82) is 0 Å². The van der Waals surface area contributed by atoms with Gasteiger partial charge in [0.15, 0.2) is 0 Å². The van der Waals surface area contributed by atoms with E-state index < -0.39 is 12.1 Å². The fraction of sp³-hybridized carbons (Fsp3) is 0.250. The normalized spacial score (nSPS) is 12.7. The van der Waals surface area contributed by atoms with E-state index in [0.29, 0.717) is 6.42 Å². The fourth-order valence-electron chi connectivity index (χ4n) is 1.18. The fourth-order valence-corrected chi connectivity index (χ4v) is 1.18. The van der Waals surface area contributed by atoms with Crippen LogP contribution in [0.4, 0.5) is 0 Å². The van der Waals surface area contributed by atoms with Crippen LogP contribution in [0.25, 0.3) is 0 Å². The molecule has 0 unspecified atom stereocenters. The molecule has 0 radical (unpaired) electrons. The summed E-state index contributed by atoms with van der Waals surface area (Å²) in [6.07, 6.45) is 2.49. The second-order valence-corrected chi connectivity index (χ2v) is 3.14. The molecule has 1 aromatic rings. The summed E-state index contributed by atoms with van der Waals surface area (Å²) in [7, 11) is 1.30. The lowest BCUT2D eigenvalue weighted by molar-refractivity contribution is -0.134. The summed E-state index contributed by atoms with van der Waals surface area (Å²) < 4.78 is 4.41. The molecule has 0 saturated heterocycles. The van der Waals surface area contributed by atoms with Crippen LogP contribution in [0.5, 0.6) is 0 Å². The summed E-state index contributed by atoms with van der Waals surface area (Å²) in [6, 6.07) is 9.59. The zero-order valence-corrected chi connectivity index (χ0v) is 8.59. The number of methoxy groups -OCH3 is 1. The van der Waals surface area contributed by atoms with Gasteiger partial charge in [-0.3, -0.25) is 0 Å². The van der Waals surface area contributed by atoms with Crippen LogP contribution in [-0.2, 0) is 16.0 Å². The van der Waals surface area contributed by atoms with E-state index in [9.17, 15) is 9.90 Å². The van der Waals surface area contributed by atoms with Gasteiger partial charge in [0.2, 0.25) is 0 Å². The second kappa shape index (κ2) is 5.98. The molecule has 0 aliphatic rings. The number of hydrogen-bond acceptors (Lipinski definition) is 3. The van der Waals surface area contributed by atoms with Crippen molar-refractivity contribution in [3.8, 4) is 0 Å². The van der Waals surface area contributed by atoms with E-state index in [4.69, 9.17) is 0 Å². The van der Waals surface area contributed by atoms with Crippen LogP contribution >= 0.6 is 0 Å². The highest BCUT2D eigenvalue weighted by atomic mass is 16.5. The van der Waals surface area contributed by atoms with Gasteiger partial charge in [-0.25, -0.2) is 4.79 Å². The summed E-state index contributed by atoms with van der Waals surface area (Å²) in [5, 5.41) is 9.55. The molecule has 80 valence electrons. The van der Waals surface area contributed by atoms with Crippen LogP contribution in [0.2, 0.25) is 0 Å². The maximum absolute atomic E-state index is 10.7. The number of carbonyl (C=O) groups excluding carboxylic acids is 1. The van der Waals surface area contributed by atoms with Gasteiger partial charge in [0.1, 0.15) is 0 Å². The Morgan fingerprint density at radius 1 is 1.47 bits per heavy atom. The Labute approximate surface area is 89.0 Å². The van der Waals surface area contributed by atoms with E-state index in [2.05, 4.69) is 4.74 Å². The summed E-state index contributed by atoms with van der Waals surface area (Å²) >= 11 is 0. The number of rotatable bonds is 4. The average molecular weight is 206 g/mol. The minimum absolute atomic E-state index is 0.456. The quantitative estimate of drug-likeness (QED) is 0.597. The standard InChI is InChI=1S/C12H14O3/c1-15-12(14)8-7-11(13)9-10-5-3-2-4-6-10/h2-8,11,13H,9H2,1H3/b8-7+/t11-/m1/s1. The Balaban J connectivity index is 2.46. The lowest BCUT2D eigenvalue weighted by Crippen LogP contribution is -2.07. The Hall–Kier alpha value is -1.61. The molecular formula is C12H14O3. The highest BCUT2D eigenvalue weighted by molar-refractivity contribution is 5.81. The predicted octanol–water partition coefficient (Wildman–Crippen LogP) is 1.32. The van der Waals surface area contributed by atoms with Crippen molar-refractivity contribution in [1.82, 2.24) is 0 Å². The van der Waals surface area contributed by atoms with Gasteiger partial charge in [-0.1, -0.05) is 30.3 Å². The summed E-state index contributed by atoms with van der Waals surface area (Å²) in [5.74, 6) is -0.456. The number of benzene rings is 1. The first-order chi connectivity index (χ1) is 7.22. The number of ether oxygens (including phenoxy) is 1. The molecule has 1 aromatic carbocycles. The van der Waals surface area contributed by atoms with Crippen molar-refractivity contribution < 1.29 is 14.6 Å². The van der Waals surface area contributed by atoms with Crippen LogP contribution in [0.3, 0.4) is 0 Å². The molecule has 0 aromatic heterocycles. The smallest absolute Gasteiger partial charge is 0.330 e. The largest absolute Gasteiger partial charge is 0.466 e. The number of esters is 1. The number of aliphatic hydroxyl groups excluding tert-OH is 1. The van der Waals surface area contributed by atoms with E-state index in [1.807, 2.05) is 30.3 Å². The van der Waals surface area contributed by atoms with E-state index in [1.54, 1.807) is 0 Å². The highest BCUT2D eigenvalue weighted by Crippen LogP contribution is 2.03. The summed E-state index contributed by atoms with van der Waals surface area (Å²) in [5.41, 5.74) is 1.03. The van der Waals surface area contributed by atoms with Crippen LogP contribution < -0.4 is 0 Å². The van der Waals surface area contributed by atoms with Gasteiger partial charge in [-0.15, -0.1) is 0 Å². The van der Waals surface area contributed by atoms with Crippen LogP contribution in [0.1, 0.15) is 5.56 Å². The molecule has 3 nitrogen and oxygen atoms in total. The van der Waals surface area contributed by atoms with Crippen molar-refractivity contribution >= 4 is 5.97 Å². The first-order valence-electron chi connectivity index (χ1n) is 4.70. The van der Waals surface area contributed by atoms with Crippen molar-refractivity contribution in [3.05, 3.63) is 48.0 Å². The van der Waals surface area contributed by atoms with E-state index in [0.717, 1.165) is 5.56 Å². The van der Waals surface area contributed by atoms with Crippen molar-refractivity contribution in [2.45, 2.75) is 12.5 Å². The van der Waals surface area contributed by atoms with Gasteiger partial charge < -0.3 is 9.84 Å². The molecule has 0 spiro atoms. The van der Waals surface area contributed by atoms with Crippen molar-refractivity contribution in [3.63, 3.8) is 0 Å². The van der Waals surface area contributed by atoms with Crippen LogP contribution in [-0.4, -0.2) is 24.3 Å². The zero-order chi connectivity index (χ0) is 11.1. The van der Waals surface area contributed by atoms with Gasteiger partial charge in [0.05, 0.1) is 13.2 Å². The predicted molar refractivity (Wildman–Crippen MR) is 57.3 cm³/mol. The van der Waals surface area contributed by atoms with Gasteiger partial charge in [-0.2, -0.15) is 0 Å². The summed E-state index contributed by atoms with van der Waals surface area (Å²) in [4.78, 5) is 10.7. The monoisotopic (exact) mass is 206 g/mol. The van der Waals surface area contributed by atoms with Gasteiger partial charge >= 0.3 is 5.97 Å². The molecule has 0 bridgehead atoms. The third-order valence-corrected chi connectivity index (χ3v) is 1.94. The number of hydrogen-bond donors (Lipinski definition) is 1. The third kappa shape index (κ3) is 4.42. The molecule has 0 aliphatic heterocycles. The van der Waals surface area contributed by atoms with Gasteiger partial charge in [-0.05, 0) is 11.6 Å². The molecule has 1 rings (SSSR count). The molecular weight excluding hydrogens is 192 g/mol.